The van der Waals surface area contributed by atoms with Crippen LogP contribution in [0.1, 0.15) is 44.9 Å². The van der Waals surface area contributed by atoms with Crippen LogP contribution >= 0.6 is 12.2 Å². The maximum absolute atomic E-state index is 5.24. The van der Waals surface area contributed by atoms with Crippen LogP contribution < -0.4 is 10.7 Å². The van der Waals surface area contributed by atoms with Crippen LogP contribution in [0.15, 0.2) is 35.4 Å². The Bertz CT molecular complexity index is 418. The third kappa shape index (κ3) is 5.39. The Labute approximate surface area is 120 Å². The molecule has 1 aliphatic carbocycles. The van der Waals surface area contributed by atoms with Gasteiger partial charge in [-0.05, 0) is 50.0 Å². The van der Waals surface area contributed by atoms with Crippen molar-refractivity contribution in [2.75, 3.05) is 5.32 Å². The maximum atomic E-state index is 5.24. The van der Waals surface area contributed by atoms with Crippen molar-refractivity contribution in [3.63, 3.8) is 0 Å². The van der Waals surface area contributed by atoms with Crippen molar-refractivity contribution in [2.45, 2.75) is 44.9 Å². The minimum Gasteiger partial charge on any atom is -0.331 e. The SMILES string of the molecule is S=C(NN=C1CCCCCCC1)Nc1ccccc1. The Morgan fingerprint density at radius 1 is 0.947 bits per heavy atom. The van der Waals surface area contributed by atoms with E-state index in [2.05, 4.69) is 15.8 Å². The van der Waals surface area contributed by atoms with Gasteiger partial charge in [0.25, 0.3) is 0 Å². The van der Waals surface area contributed by atoms with Gasteiger partial charge < -0.3 is 5.32 Å². The van der Waals surface area contributed by atoms with E-state index < -0.39 is 0 Å². The molecule has 2 N–H and O–H groups in total. The van der Waals surface area contributed by atoms with Crippen molar-refractivity contribution < 1.29 is 0 Å². The Morgan fingerprint density at radius 2 is 1.58 bits per heavy atom. The van der Waals surface area contributed by atoms with Gasteiger partial charge in [-0.25, -0.2) is 0 Å². The summed E-state index contributed by atoms with van der Waals surface area (Å²) in [7, 11) is 0. The zero-order valence-electron chi connectivity index (χ0n) is 11.2. The number of hydrogen-bond donors (Lipinski definition) is 2. The molecule has 1 saturated carbocycles. The van der Waals surface area contributed by atoms with Crippen LogP contribution in [0.5, 0.6) is 0 Å². The summed E-state index contributed by atoms with van der Waals surface area (Å²) >= 11 is 5.24. The van der Waals surface area contributed by atoms with E-state index in [-0.39, 0.29) is 0 Å². The number of rotatable bonds is 2. The van der Waals surface area contributed by atoms with E-state index in [1.54, 1.807) is 0 Å². The second-order valence-electron chi connectivity index (χ2n) is 4.88. The van der Waals surface area contributed by atoms with Gasteiger partial charge in [0.1, 0.15) is 0 Å². The number of benzene rings is 1. The van der Waals surface area contributed by atoms with Gasteiger partial charge in [-0.15, -0.1) is 0 Å². The molecule has 3 nitrogen and oxygen atoms in total. The summed E-state index contributed by atoms with van der Waals surface area (Å²) in [6.07, 6.45) is 8.72. The molecule has 0 spiro atoms. The predicted molar refractivity (Wildman–Crippen MR) is 85.6 cm³/mol. The summed E-state index contributed by atoms with van der Waals surface area (Å²) in [5, 5.41) is 8.12. The zero-order valence-corrected chi connectivity index (χ0v) is 12.0. The van der Waals surface area contributed by atoms with Crippen LogP contribution in [0, 0.1) is 0 Å². The number of hydrogen-bond acceptors (Lipinski definition) is 2. The summed E-state index contributed by atoms with van der Waals surface area (Å²) in [4.78, 5) is 0. The smallest absolute Gasteiger partial charge is 0.191 e. The fourth-order valence-corrected chi connectivity index (χ4v) is 2.40. The van der Waals surface area contributed by atoms with E-state index in [1.807, 2.05) is 30.3 Å². The van der Waals surface area contributed by atoms with Crippen LogP contribution in [-0.4, -0.2) is 10.8 Å². The quantitative estimate of drug-likeness (QED) is 0.631. The van der Waals surface area contributed by atoms with Gasteiger partial charge in [0.05, 0.1) is 0 Å². The third-order valence-corrected chi connectivity index (χ3v) is 3.47. The maximum Gasteiger partial charge on any atom is 0.191 e. The molecule has 0 aromatic heterocycles. The van der Waals surface area contributed by atoms with Gasteiger partial charge in [0, 0.05) is 11.4 Å². The van der Waals surface area contributed by atoms with Crippen LogP contribution in [0.3, 0.4) is 0 Å². The Kier molecular flexibility index (Phi) is 5.82. The summed E-state index contributed by atoms with van der Waals surface area (Å²) in [6, 6.07) is 9.90. The first-order chi connectivity index (χ1) is 9.34. The third-order valence-electron chi connectivity index (χ3n) is 3.28. The lowest BCUT2D eigenvalue weighted by Gasteiger charge is -2.12. The Hall–Kier alpha value is -1.42. The van der Waals surface area contributed by atoms with E-state index in [1.165, 1.54) is 37.8 Å². The molecule has 1 aromatic carbocycles. The lowest BCUT2D eigenvalue weighted by Crippen LogP contribution is -2.25. The molecule has 0 saturated heterocycles. The van der Waals surface area contributed by atoms with Crippen LogP contribution in [0.4, 0.5) is 5.69 Å². The molecule has 1 fully saturated rings. The first-order valence-electron chi connectivity index (χ1n) is 7.02. The molecular weight excluding hydrogens is 254 g/mol. The molecule has 102 valence electrons. The highest BCUT2D eigenvalue weighted by Gasteiger charge is 2.05. The highest BCUT2D eigenvalue weighted by Crippen LogP contribution is 2.14. The molecule has 0 unspecified atom stereocenters. The first-order valence-corrected chi connectivity index (χ1v) is 7.43. The molecule has 2 rings (SSSR count). The summed E-state index contributed by atoms with van der Waals surface area (Å²) in [6.45, 7) is 0. The van der Waals surface area contributed by atoms with Gasteiger partial charge in [0.2, 0.25) is 0 Å². The fourth-order valence-electron chi connectivity index (χ4n) is 2.24. The van der Waals surface area contributed by atoms with Crippen LogP contribution in [-0.2, 0) is 0 Å². The molecule has 0 aliphatic heterocycles. The number of para-hydroxylation sites is 1. The monoisotopic (exact) mass is 275 g/mol. The lowest BCUT2D eigenvalue weighted by atomic mass is 9.99. The molecule has 1 aromatic rings. The standard InChI is InChI=1S/C15H21N3S/c19-15(16-13-9-7-4-8-10-13)18-17-14-11-5-2-1-3-6-12-14/h4,7-10H,1-3,5-6,11-12H2,(H2,16,18,19). The number of nitrogens with one attached hydrogen (secondary N) is 2. The predicted octanol–water partition coefficient (Wildman–Crippen LogP) is 4.07. The van der Waals surface area contributed by atoms with Crippen LogP contribution in [0.25, 0.3) is 0 Å². The van der Waals surface area contributed by atoms with Crippen molar-refractivity contribution in [1.82, 2.24) is 5.43 Å². The van der Waals surface area contributed by atoms with Gasteiger partial charge >= 0.3 is 0 Å². The van der Waals surface area contributed by atoms with E-state index in [9.17, 15) is 0 Å². The van der Waals surface area contributed by atoms with Crippen molar-refractivity contribution in [2.24, 2.45) is 5.10 Å². The summed E-state index contributed by atoms with van der Waals surface area (Å²) in [5.41, 5.74) is 5.19. The molecular formula is C15H21N3S. The van der Waals surface area contributed by atoms with E-state index in [0.717, 1.165) is 18.5 Å². The second-order valence-corrected chi connectivity index (χ2v) is 5.29. The van der Waals surface area contributed by atoms with Gasteiger partial charge in [-0.3, -0.25) is 5.43 Å². The topological polar surface area (TPSA) is 36.4 Å². The molecule has 0 amide bonds. The van der Waals surface area contributed by atoms with E-state index >= 15 is 0 Å². The first kappa shape index (κ1) is 14.0. The van der Waals surface area contributed by atoms with Crippen molar-refractivity contribution in [3.8, 4) is 0 Å². The zero-order chi connectivity index (χ0) is 13.3. The lowest BCUT2D eigenvalue weighted by molar-refractivity contribution is 0.604. The normalized spacial score (nSPS) is 16.1. The van der Waals surface area contributed by atoms with Crippen LogP contribution in [0.2, 0.25) is 0 Å². The van der Waals surface area contributed by atoms with Gasteiger partial charge in [0.15, 0.2) is 5.11 Å². The molecule has 0 atom stereocenters. The van der Waals surface area contributed by atoms with Crippen molar-refractivity contribution in [1.29, 1.82) is 0 Å². The van der Waals surface area contributed by atoms with Gasteiger partial charge in [-0.2, -0.15) is 5.10 Å². The largest absolute Gasteiger partial charge is 0.331 e. The van der Waals surface area contributed by atoms with Gasteiger partial charge in [-0.1, -0.05) is 37.5 Å². The van der Waals surface area contributed by atoms with E-state index in [0.29, 0.717) is 5.11 Å². The minimum absolute atomic E-state index is 0.556. The number of nitrogens with zero attached hydrogens (tertiary/aromatic N) is 1. The number of thiocarbonyl (C=S) groups is 1. The molecule has 19 heavy (non-hydrogen) atoms. The summed E-state index contributed by atoms with van der Waals surface area (Å²) in [5.74, 6) is 0. The fraction of sp³-hybridized carbons (Fsp3) is 0.467. The second kappa shape index (κ2) is 7.89. The molecule has 0 radical (unpaired) electrons. The minimum atomic E-state index is 0.556. The molecule has 0 bridgehead atoms. The van der Waals surface area contributed by atoms with Crippen molar-refractivity contribution >= 4 is 28.7 Å². The highest BCUT2D eigenvalue weighted by molar-refractivity contribution is 7.80. The molecule has 0 heterocycles. The molecule has 1 aliphatic rings. The Balaban J connectivity index is 1.81. The average Bonchev–Trinajstić information content (AvgIpc) is 2.38. The summed E-state index contributed by atoms with van der Waals surface area (Å²) < 4.78 is 0. The Morgan fingerprint density at radius 3 is 2.26 bits per heavy atom. The van der Waals surface area contributed by atoms with E-state index in [4.69, 9.17) is 12.2 Å². The number of anilines is 1. The molecule has 4 heteroatoms. The highest BCUT2D eigenvalue weighted by atomic mass is 32.1. The number of hydrazone groups is 1. The van der Waals surface area contributed by atoms with Crippen molar-refractivity contribution in [3.05, 3.63) is 30.3 Å². The average molecular weight is 275 g/mol.